The van der Waals surface area contributed by atoms with Gasteiger partial charge < -0.3 is 15.2 Å². The van der Waals surface area contributed by atoms with E-state index in [0.717, 1.165) is 22.0 Å². The van der Waals surface area contributed by atoms with Gasteiger partial charge in [0.15, 0.2) is 11.5 Å². The van der Waals surface area contributed by atoms with Crippen LogP contribution in [0.1, 0.15) is 11.1 Å². The number of ether oxygens (including phenoxy) is 2. The monoisotopic (exact) mass is 369 g/mol. The highest BCUT2D eigenvalue weighted by Gasteiger charge is 2.12. The lowest BCUT2D eigenvalue weighted by Gasteiger charge is -2.15. The van der Waals surface area contributed by atoms with Crippen molar-refractivity contribution in [1.82, 2.24) is 0 Å². The molecular formula is C16H17BrClNO2. The molecule has 0 aliphatic rings. The van der Waals surface area contributed by atoms with E-state index in [1.54, 1.807) is 7.11 Å². The van der Waals surface area contributed by atoms with Crippen molar-refractivity contribution in [1.29, 1.82) is 0 Å². The number of methoxy groups -OCH3 is 1. The van der Waals surface area contributed by atoms with Crippen molar-refractivity contribution in [2.45, 2.75) is 13.0 Å². The van der Waals surface area contributed by atoms with Gasteiger partial charge in [-0.15, -0.1) is 0 Å². The largest absolute Gasteiger partial charge is 0.493 e. The molecule has 0 radical (unpaired) electrons. The van der Waals surface area contributed by atoms with Crippen molar-refractivity contribution in [2.24, 2.45) is 5.73 Å². The summed E-state index contributed by atoms with van der Waals surface area (Å²) < 4.78 is 12.1. The van der Waals surface area contributed by atoms with Crippen molar-refractivity contribution in [2.75, 3.05) is 13.7 Å². The van der Waals surface area contributed by atoms with Crippen LogP contribution >= 0.6 is 27.5 Å². The molecule has 0 bridgehead atoms. The van der Waals surface area contributed by atoms with Crippen molar-refractivity contribution < 1.29 is 9.47 Å². The minimum atomic E-state index is 0.380. The van der Waals surface area contributed by atoms with Crippen LogP contribution < -0.4 is 15.2 Å². The highest BCUT2D eigenvalue weighted by molar-refractivity contribution is 9.10. The number of benzene rings is 2. The lowest BCUT2D eigenvalue weighted by molar-refractivity contribution is 0.282. The molecule has 112 valence electrons. The molecule has 21 heavy (non-hydrogen) atoms. The fourth-order valence-electron chi connectivity index (χ4n) is 1.99. The Bertz CT molecular complexity index is 619. The predicted molar refractivity (Wildman–Crippen MR) is 89.2 cm³/mol. The van der Waals surface area contributed by atoms with Crippen LogP contribution in [0, 0.1) is 0 Å². The highest BCUT2D eigenvalue weighted by Crippen LogP contribution is 2.37. The van der Waals surface area contributed by atoms with E-state index in [1.807, 2.05) is 36.4 Å². The summed E-state index contributed by atoms with van der Waals surface area (Å²) in [7, 11) is 1.62. The average Bonchev–Trinajstić information content (AvgIpc) is 2.47. The van der Waals surface area contributed by atoms with Crippen molar-refractivity contribution in [3.05, 3.63) is 57.0 Å². The van der Waals surface area contributed by atoms with Crippen molar-refractivity contribution in [3.8, 4) is 11.5 Å². The van der Waals surface area contributed by atoms with E-state index in [9.17, 15) is 0 Å². The van der Waals surface area contributed by atoms with E-state index in [4.69, 9.17) is 26.8 Å². The molecule has 0 unspecified atom stereocenters. The Kier molecular flexibility index (Phi) is 5.91. The topological polar surface area (TPSA) is 44.5 Å². The fraction of sp³-hybridized carbons (Fsp3) is 0.250. The van der Waals surface area contributed by atoms with Gasteiger partial charge in [0, 0.05) is 10.6 Å². The molecule has 2 aromatic rings. The first-order chi connectivity index (χ1) is 10.2. The Morgan fingerprint density at radius 3 is 2.67 bits per heavy atom. The molecule has 0 saturated heterocycles. The second-order valence-corrected chi connectivity index (χ2v) is 5.79. The van der Waals surface area contributed by atoms with E-state index in [-0.39, 0.29) is 0 Å². The molecule has 0 aliphatic heterocycles. The molecule has 0 aromatic heterocycles. The van der Waals surface area contributed by atoms with Crippen LogP contribution in [0.2, 0.25) is 5.02 Å². The minimum absolute atomic E-state index is 0.380. The van der Waals surface area contributed by atoms with E-state index < -0.39 is 0 Å². The van der Waals surface area contributed by atoms with Crippen LogP contribution in [0.5, 0.6) is 11.5 Å². The van der Waals surface area contributed by atoms with Gasteiger partial charge in [0.05, 0.1) is 11.6 Å². The van der Waals surface area contributed by atoms with Crippen LogP contribution in [0.15, 0.2) is 40.9 Å². The SMILES string of the molecule is COc1cc(CCN)cc(Br)c1OCc1ccccc1Cl. The van der Waals surface area contributed by atoms with Gasteiger partial charge in [-0.3, -0.25) is 0 Å². The summed E-state index contributed by atoms with van der Waals surface area (Å²) in [6.07, 6.45) is 0.791. The van der Waals surface area contributed by atoms with Gasteiger partial charge in [-0.1, -0.05) is 29.8 Å². The maximum Gasteiger partial charge on any atom is 0.175 e. The second-order valence-electron chi connectivity index (χ2n) is 4.53. The van der Waals surface area contributed by atoms with Gasteiger partial charge in [-0.25, -0.2) is 0 Å². The van der Waals surface area contributed by atoms with E-state index in [0.29, 0.717) is 29.7 Å². The fourth-order valence-corrected chi connectivity index (χ4v) is 2.78. The molecule has 0 saturated carbocycles. The minimum Gasteiger partial charge on any atom is -0.493 e. The van der Waals surface area contributed by atoms with Gasteiger partial charge in [-0.2, -0.15) is 0 Å². The molecular weight excluding hydrogens is 354 g/mol. The maximum atomic E-state index is 6.13. The summed E-state index contributed by atoms with van der Waals surface area (Å²) >= 11 is 9.66. The first-order valence-corrected chi connectivity index (χ1v) is 7.75. The van der Waals surface area contributed by atoms with Gasteiger partial charge in [0.1, 0.15) is 6.61 Å². The van der Waals surface area contributed by atoms with Gasteiger partial charge in [-0.05, 0) is 52.7 Å². The first-order valence-electron chi connectivity index (χ1n) is 6.58. The summed E-state index contributed by atoms with van der Waals surface area (Å²) in [5, 5.41) is 0.687. The molecule has 0 amide bonds. The predicted octanol–water partition coefficient (Wildman–Crippen LogP) is 4.19. The first kappa shape index (κ1) is 16.1. The molecule has 3 nitrogen and oxygen atoms in total. The third-order valence-corrected chi connectivity index (χ3v) is 4.01. The lowest BCUT2D eigenvalue weighted by Crippen LogP contribution is -2.04. The van der Waals surface area contributed by atoms with Crippen LogP contribution in [0.3, 0.4) is 0 Å². The Balaban J connectivity index is 2.21. The Hall–Kier alpha value is -1.23. The van der Waals surface area contributed by atoms with Crippen LogP contribution in [-0.2, 0) is 13.0 Å². The Morgan fingerprint density at radius 1 is 1.24 bits per heavy atom. The van der Waals surface area contributed by atoms with Crippen LogP contribution in [0.4, 0.5) is 0 Å². The third kappa shape index (κ3) is 4.13. The second kappa shape index (κ2) is 7.69. The number of nitrogens with two attached hydrogens (primary N) is 1. The van der Waals surface area contributed by atoms with Crippen molar-refractivity contribution >= 4 is 27.5 Å². The summed E-state index contributed by atoms with van der Waals surface area (Å²) in [6.45, 7) is 0.973. The van der Waals surface area contributed by atoms with Crippen molar-refractivity contribution in [3.63, 3.8) is 0 Å². The average molecular weight is 371 g/mol. The van der Waals surface area contributed by atoms with E-state index in [2.05, 4.69) is 15.9 Å². The quantitative estimate of drug-likeness (QED) is 0.829. The molecule has 2 aromatic carbocycles. The number of rotatable bonds is 6. The zero-order valence-corrected chi connectivity index (χ0v) is 14.1. The standard InChI is InChI=1S/C16H17BrClNO2/c1-20-15-9-11(6-7-19)8-13(17)16(15)21-10-12-4-2-3-5-14(12)18/h2-5,8-9H,6-7,10,19H2,1H3. The molecule has 0 aliphatic carbocycles. The van der Waals surface area contributed by atoms with Crippen LogP contribution in [-0.4, -0.2) is 13.7 Å². The zero-order valence-electron chi connectivity index (χ0n) is 11.7. The number of halogens is 2. The lowest BCUT2D eigenvalue weighted by atomic mass is 10.1. The van der Waals surface area contributed by atoms with E-state index in [1.165, 1.54) is 0 Å². The van der Waals surface area contributed by atoms with Gasteiger partial charge >= 0.3 is 0 Å². The summed E-state index contributed by atoms with van der Waals surface area (Å²) in [5.41, 5.74) is 7.62. The van der Waals surface area contributed by atoms with E-state index >= 15 is 0 Å². The molecule has 0 atom stereocenters. The van der Waals surface area contributed by atoms with Gasteiger partial charge in [0.2, 0.25) is 0 Å². The molecule has 0 heterocycles. The summed E-state index contributed by atoms with van der Waals surface area (Å²) in [5.74, 6) is 1.35. The zero-order chi connectivity index (χ0) is 15.2. The number of hydrogen-bond acceptors (Lipinski definition) is 3. The Morgan fingerprint density at radius 2 is 2.00 bits per heavy atom. The maximum absolute atomic E-state index is 6.13. The molecule has 0 spiro atoms. The smallest absolute Gasteiger partial charge is 0.175 e. The summed E-state index contributed by atoms with van der Waals surface area (Å²) in [6, 6.07) is 11.5. The van der Waals surface area contributed by atoms with Crippen LogP contribution in [0.25, 0.3) is 0 Å². The Labute approximate surface area is 138 Å². The molecule has 0 fully saturated rings. The highest BCUT2D eigenvalue weighted by atomic mass is 79.9. The molecule has 2 rings (SSSR count). The molecule has 5 heteroatoms. The molecule has 2 N–H and O–H groups in total. The van der Waals surface area contributed by atoms with Gasteiger partial charge in [0.25, 0.3) is 0 Å². The third-order valence-electron chi connectivity index (χ3n) is 3.05. The number of hydrogen-bond donors (Lipinski definition) is 1. The normalized spacial score (nSPS) is 10.5. The summed E-state index contributed by atoms with van der Waals surface area (Å²) in [4.78, 5) is 0.